The molecule has 2 rings (SSSR count). The molecule has 1 aromatic rings. The second-order valence-corrected chi connectivity index (χ2v) is 6.02. The molecule has 3 heteroatoms. The molecule has 1 aromatic carbocycles. The number of aryl methyl sites for hydroxylation is 1. The Bertz CT molecular complexity index is 406. The molecule has 0 atom stereocenters. The van der Waals surface area contributed by atoms with Crippen LogP contribution in [0.1, 0.15) is 25.0 Å². The van der Waals surface area contributed by atoms with Crippen LogP contribution in [0.3, 0.4) is 0 Å². The van der Waals surface area contributed by atoms with Gasteiger partial charge in [0.2, 0.25) is 0 Å². The highest BCUT2D eigenvalue weighted by molar-refractivity contribution is 5.55. The van der Waals surface area contributed by atoms with Gasteiger partial charge in [0.1, 0.15) is 0 Å². The van der Waals surface area contributed by atoms with E-state index in [0.29, 0.717) is 6.54 Å². The molecule has 0 amide bonds. The summed E-state index contributed by atoms with van der Waals surface area (Å²) in [6.07, 6.45) is 0. The summed E-state index contributed by atoms with van der Waals surface area (Å²) in [5.74, 6) is 0.755. The minimum Gasteiger partial charge on any atom is -0.369 e. The summed E-state index contributed by atoms with van der Waals surface area (Å²) in [6.45, 7) is 13.1. The van der Waals surface area contributed by atoms with Crippen molar-refractivity contribution >= 4 is 5.69 Å². The fourth-order valence-electron chi connectivity index (χ4n) is 2.87. The SMILES string of the molecule is Cc1ccc(N2CCN(CC(C)C)CC2)c(CN)c1. The highest BCUT2D eigenvalue weighted by Crippen LogP contribution is 2.23. The van der Waals surface area contributed by atoms with Gasteiger partial charge in [0, 0.05) is 45.0 Å². The predicted molar refractivity (Wildman–Crippen MR) is 82.6 cm³/mol. The molecule has 3 nitrogen and oxygen atoms in total. The third kappa shape index (κ3) is 3.71. The van der Waals surface area contributed by atoms with E-state index >= 15 is 0 Å². The monoisotopic (exact) mass is 261 g/mol. The Morgan fingerprint density at radius 2 is 1.84 bits per heavy atom. The molecule has 0 aliphatic carbocycles. The first-order valence-corrected chi connectivity index (χ1v) is 7.37. The normalized spacial score (nSPS) is 17.2. The molecule has 0 radical (unpaired) electrons. The summed E-state index contributed by atoms with van der Waals surface area (Å²) in [4.78, 5) is 5.05. The first-order chi connectivity index (χ1) is 9.10. The van der Waals surface area contributed by atoms with Gasteiger partial charge in [0.15, 0.2) is 0 Å². The fraction of sp³-hybridized carbons (Fsp3) is 0.625. The van der Waals surface area contributed by atoms with Crippen molar-refractivity contribution in [1.29, 1.82) is 0 Å². The minimum atomic E-state index is 0.628. The van der Waals surface area contributed by atoms with Crippen molar-refractivity contribution in [2.24, 2.45) is 11.7 Å². The van der Waals surface area contributed by atoms with Gasteiger partial charge in [-0.1, -0.05) is 31.5 Å². The molecule has 2 N–H and O–H groups in total. The van der Waals surface area contributed by atoms with E-state index < -0.39 is 0 Å². The van der Waals surface area contributed by atoms with Gasteiger partial charge < -0.3 is 10.6 Å². The van der Waals surface area contributed by atoms with E-state index in [0.717, 1.165) is 32.1 Å². The number of hydrogen-bond acceptors (Lipinski definition) is 3. The van der Waals surface area contributed by atoms with Crippen LogP contribution in [0.15, 0.2) is 18.2 Å². The number of nitrogens with two attached hydrogens (primary N) is 1. The Hall–Kier alpha value is -1.06. The Kier molecular flexibility index (Phi) is 4.83. The third-order valence-corrected chi connectivity index (χ3v) is 3.79. The lowest BCUT2D eigenvalue weighted by molar-refractivity contribution is 0.231. The van der Waals surface area contributed by atoms with E-state index in [-0.39, 0.29) is 0 Å². The van der Waals surface area contributed by atoms with E-state index in [4.69, 9.17) is 5.73 Å². The van der Waals surface area contributed by atoms with Gasteiger partial charge in [-0.15, -0.1) is 0 Å². The smallest absolute Gasteiger partial charge is 0.0412 e. The predicted octanol–water partition coefficient (Wildman–Crippen LogP) is 2.23. The van der Waals surface area contributed by atoms with Crippen molar-refractivity contribution in [2.75, 3.05) is 37.6 Å². The Morgan fingerprint density at radius 1 is 1.16 bits per heavy atom. The van der Waals surface area contributed by atoms with Crippen molar-refractivity contribution in [3.63, 3.8) is 0 Å². The Morgan fingerprint density at radius 3 is 2.42 bits per heavy atom. The number of anilines is 1. The first kappa shape index (κ1) is 14.4. The maximum absolute atomic E-state index is 5.88. The highest BCUT2D eigenvalue weighted by atomic mass is 15.3. The van der Waals surface area contributed by atoms with Gasteiger partial charge in [-0.2, -0.15) is 0 Å². The summed E-state index contributed by atoms with van der Waals surface area (Å²) >= 11 is 0. The second-order valence-electron chi connectivity index (χ2n) is 6.02. The van der Waals surface area contributed by atoms with Crippen molar-refractivity contribution < 1.29 is 0 Å². The van der Waals surface area contributed by atoms with Crippen molar-refractivity contribution in [1.82, 2.24) is 4.90 Å². The molecule has 106 valence electrons. The van der Waals surface area contributed by atoms with Gasteiger partial charge in [-0.3, -0.25) is 4.90 Å². The lowest BCUT2D eigenvalue weighted by Crippen LogP contribution is -2.47. The van der Waals surface area contributed by atoms with E-state index in [2.05, 4.69) is 48.8 Å². The number of benzene rings is 1. The number of hydrogen-bond donors (Lipinski definition) is 1. The summed E-state index contributed by atoms with van der Waals surface area (Å²) < 4.78 is 0. The van der Waals surface area contributed by atoms with Crippen LogP contribution in [-0.4, -0.2) is 37.6 Å². The minimum absolute atomic E-state index is 0.628. The van der Waals surface area contributed by atoms with Crippen LogP contribution in [0.2, 0.25) is 0 Å². The van der Waals surface area contributed by atoms with Crippen LogP contribution in [0.25, 0.3) is 0 Å². The molecular weight excluding hydrogens is 234 g/mol. The van der Waals surface area contributed by atoms with E-state index in [9.17, 15) is 0 Å². The maximum Gasteiger partial charge on any atom is 0.0412 e. The zero-order chi connectivity index (χ0) is 13.8. The molecule has 0 unspecified atom stereocenters. The van der Waals surface area contributed by atoms with Crippen molar-refractivity contribution in [3.8, 4) is 0 Å². The molecule has 0 spiro atoms. The highest BCUT2D eigenvalue weighted by Gasteiger charge is 2.19. The molecule has 0 aromatic heterocycles. The van der Waals surface area contributed by atoms with Crippen LogP contribution < -0.4 is 10.6 Å². The van der Waals surface area contributed by atoms with Crippen LogP contribution in [0.4, 0.5) is 5.69 Å². The average molecular weight is 261 g/mol. The molecule has 0 bridgehead atoms. The number of nitrogens with zero attached hydrogens (tertiary/aromatic N) is 2. The standard InChI is InChI=1S/C16H27N3/c1-13(2)12-18-6-8-19(9-7-18)16-5-4-14(3)10-15(16)11-17/h4-5,10,13H,6-9,11-12,17H2,1-3H3. The van der Waals surface area contributed by atoms with Gasteiger partial charge in [0.25, 0.3) is 0 Å². The van der Waals surface area contributed by atoms with Crippen molar-refractivity contribution in [3.05, 3.63) is 29.3 Å². The van der Waals surface area contributed by atoms with Crippen LogP contribution >= 0.6 is 0 Å². The largest absolute Gasteiger partial charge is 0.369 e. The van der Waals surface area contributed by atoms with E-state index in [1.54, 1.807) is 0 Å². The zero-order valence-corrected chi connectivity index (χ0v) is 12.5. The summed E-state index contributed by atoms with van der Waals surface area (Å²) in [6, 6.07) is 6.64. The Balaban J connectivity index is 2.01. The fourth-order valence-corrected chi connectivity index (χ4v) is 2.87. The van der Waals surface area contributed by atoms with Crippen LogP contribution in [0, 0.1) is 12.8 Å². The number of rotatable bonds is 4. The van der Waals surface area contributed by atoms with E-state index in [1.165, 1.54) is 23.4 Å². The molecule has 1 fully saturated rings. The average Bonchev–Trinajstić information content (AvgIpc) is 2.39. The Labute approximate surface area is 117 Å². The van der Waals surface area contributed by atoms with Crippen LogP contribution in [0.5, 0.6) is 0 Å². The summed E-state index contributed by atoms with van der Waals surface area (Å²) in [7, 11) is 0. The zero-order valence-electron chi connectivity index (χ0n) is 12.5. The molecule has 0 saturated carbocycles. The molecule has 19 heavy (non-hydrogen) atoms. The molecule has 1 aliphatic rings. The molecular formula is C16H27N3. The van der Waals surface area contributed by atoms with Crippen molar-refractivity contribution in [2.45, 2.75) is 27.3 Å². The first-order valence-electron chi connectivity index (χ1n) is 7.37. The summed E-state index contributed by atoms with van der Waals surface area (Å²) in [5.41, 5.74) is 9.78. The quantitative estimate of drug-likeness (QED) is 0.902. The van der Waals surface area contributed by atoms with Gasteiger partial charge in [0.05, 0.1) is 0 Å². The van der Waals surface area contributed by atoms with Gasteiger partial charge >= 0.3 is 0 Å². The maximum atomic E-state index is 5.88. The molecule has 1 aliphatic heterocycles. The molecule has 1 heterocycles. The van der Waals surface area contributed by atoms with Crippen LogP contribution in [-0.2, 0) is 6.54 Å². The van der Waals surface area contributed by atoms with Gasteiger partial charge in [-0.05, 0) is 24.5 Å². The van der Waals surface area contributed by atoms with E-state index in [1.807, 2.05) is 0 Å². The lowest BCUT2D eigenvalue weighted by atomic mass is 10.1. The summed E-state index contributed by atoms with van der Waals surface area (Å²) in [5, 5.41) is 0. The number of piperazine rings is 1. The van der Waals surface area contributed by atoms with Gasteiger partial charge in [-0.25, -0.2) is 0 Å². The molecule has 1 saturated heterocycles. The lowest BCUT2D eigenvalue weighted by Gasteiger charge is -2.37. The second kappa shape index (κ2) is 6.40. The topological polar surface area (TPSA) is 32.5 Å². The third-order valence-electron chi connectivity index (χ3n) is 3.79.